The number of hydrogen-bond acceptors (Lipinski definition) is 4. The molecule has 0 aromatic heterocycles. The average Bonchev–Trinajstić information content (AvgIpc) is 2.34. The lowest BCUT2D eigenvalue weighted by Crippen LogP contribution is -2.24. The molecule has 0 amide bonds. The molecule has 1 aromatic rings. The fourth-order valence-electron chi connectivity index (χ4n) is 1.23. The van der Waals surface area contributed by atoms with Crippen LogP contribution in [0.1, 0.15) is 10.4 Å². The number of carbonyl (C=O) groups is 1. The summed E-state index contributed by atoms with van der Waals surface area (Å²) in [6.07, 6.45) is 0. The lowest BCUT2D eigenvalue weighted by molar-refractivity contribution is 0.0697. The second-order valence-electron chi connectivity index (χ2n) is 3.42. The maximum Gasteiger partial charge on any atom is 0.335 e. The summed E-state index contributed by atoms with van der Waals surface area (Å²) in [5.74, 6) is -0.263. The number of nitrogens with one attached hydrogen (secondary N) is 1. The summed E-state index contributed by atoms with van der Waals surface area (Å²) in [5, 5.41) is 11.9. The Hall–Kier alpha value is -1.59. The Balaban J connectivity index is 2.21. The van der Waals surface area contributed by atoms with E-state index in [9.17, 15) is 4.79 Å². The molecule has 0 fully saturated rings. The SMILES string of the molecule is COCCNCCOc1ccc(C(=O)O)cc1. The second-order valence-corrected chi connectivity index (χ2v) is 3.42. The van der Waals surface area contributed by atoms with Crippen LogP contribution >= 0.6 is 0 Å². The van der Waals surface area contributed by atoms with Crippen molar-refractivity contribution >= 4 is 5.97 Å². The van der Waals surface area contributed by atoms with Gasteiger partial charge < -0.3 is 19.9 Å². The Kier molecular flexibility index (Phi) is 6.06. The topological polar surface area (TPSA) is 67.8 Å². The molecule has 0 spiro atoms. The summed E-state index contributed by atoms with van der Waals surface area (Å²) in [7, 11) is 1.65. The number of carboxylic acid groups (broad SMARTS) is 1. The molecule has 5 heteroatoms. The van der Waals surface area contributed by atoms with Gasteiger partial charge in [-0.3, -0.25) is 0 Å². The Morgan fingerprint density at radius 3 is 2.47 bits per heavy atom. The van der Waals surface area contributed by atoms with Crippen molar-refractivity contribution in [2.45, 2.75) is 0 Å². The van der Waals surface area contributed by atoms with Crippen LogP contribution in [0, 0.1) is 0 Å². The van der Waals surface area contributed by atoms with Crippen LogP contribution in [-0.4, -0.2) is 44.5 Å². The average molecular weight is 239 g/mol. The zero-order chi connectivity index (χ0) is 12.5. The van der Waals surface area contributed by atoms with Crippen molar-refractivity contribution in [2.75, 3.05) is 33.4 Å². The molecule has 94 valence electrons. The van der Waals surface area contributed by atoms with E-state index in [4.69, 9.17) is 14.6 Å². The van der Waals surface area contributed by atoms with Crippen LogP contribution in [0.15, 0.2) is 24.3 Å². The first-order valence-corrected chi connectivity index (χ1v) is 5.40. The van der Waals surface area contributed by atoms with E-state index in [1.54, 1.807) is 19.2 Å². The molecule has 1 rings (SSSR count). The first kappa shape index (κ1) is 13.5. The largest absolute Gasteiger partial charge is 0.492 e. The number of ether oxygens (including phenoxy) is 2. The molecule has 0 saturated carbocycles. The minimum Gasteiger partial charge on any atom is -0.492 e. The van der Waals surface area contributed by atoms with Crippen molar-refractivity contribution < 1.29 is 19.4 Å². The molecule has 1 aromatic carbocycles. The number of benzene rings is 1. The lowest BCUT2D eigenvalue weighted by atomic mass is 10.2. The maximum absolute atomic E-state index is 10.6. The van der Waals surface area contributed by atoms with Crippen LogP contribution in [0.5, 0.6) is 5.75 Å². The van der Waals surface area contributed by atoms with Crippen LogP contribution in [0.2, 0.25) is 0 Å². The van der Waals surface area contributed by atoms with Crippen LogP contribution in [0.4, 0.5) is 0 Å². The Morgan fingerprint density at radius 1 is 1.24 bits per heavy atom. The van der Waals surface area contributed by atoms with Gasteiger partial charge in [0.15, 0.2) is 0 Å². The zero-order valence-electron chi connectivity index (χ0n) is 9.81. The van der Waals surface area contributed by atoms with Gasteiger partial charge in [0.25, 0.3) is 0 Å². The Labute approximate surface area is 100 Å². The second kappa shape index (κ2) is 7.65. The Bertz CT molecular complexity index is 337. The predicted octanol–water partition coefficient (Wildman–Crippen LogP) is 1.000. The first-order valence-electron chi connectivity index (χ1n) is 5.40. The molecular formula is C12H17NO4. The van der Waals surface area contributed by atoms with Gasteiger partial charge in [0.05, 0.1) is 12.2 Å². The quantitative estimate of drug-likeness (QED) is 0.662. The van der Waals surface area contributed by atoms with E-state index in [1.165, 1.54) is 12.1 Å². The highest BCUT2D eigenvalue weighted by atomic mass is 16.5. The molecule has 0 saturated heterocycles. The van der Waals surface area contributed by atoms with Crippen molar-refractivity contribution in [1.82, 2.24) is 5.32 Å². The molecular weight excluding hydrogens is 222 g/mol. The van der Waals surface area contributed by atoms with Crippen LogP contribution < -0.4 is 10.1 Å². The predicted molar refractivity (Wildman–Crippen MR) is 63.6 cm³/mol. The van der Waals surface area contributed by atoms with E-state index in [2.05, 4.69) is 5.32 Å². The molecule has 0 heterocycles. The van der Waals surface area contributed by atoms with Crippen molar-refractivity contribution in [2.24, 2.45) is 0 Å². The molecule has 5 nitrogen and oxygen atoms in total. The minimum atomic E-state index is -0.933. The van der Waals surface area contributed by atoms with Gasteiger partial charge in [0, 0.05) is 20.2 Å². The van der Waals surface area contributed by atoms with Gasteiger partial charge in [-0.05, 0) is 24.3 Å². The van der Waals surface area contributed by atoms with E-state index in [0.29, 0.717) is 19.0 Å². The fraction of sp³-hybridized carbons (Fsp3) is 0.417. The maximum atomic E-state index is 10.6. The standard InChI is InChI=1S/C12H17NO4/c1-16-8-6-13-7-9-17-11-4-2-10(3-5-11)12(14)15/h2-5,13H,6-9H2,1H3,(H,14,15). The van der Waals surface area contributed by atoms with Crippen molar-refractivity contribution in [3.8, 4) is 5.75 Å². The number of rotatable bonds is 8. The zero-order valence-corrected chi connectivity index (χ0v) is 9.81. The summed E-state index contributed by atoms with van der Waals surface area (Å²) in [6, 6.07) is 6.35. The molecule has 17 heavy (non-hydrogen) atoms. The Morgan fingerprint density at radius 2 is 1.88 bits per heavy atom. The van der Waals surface area contributed by atoms with Crippen molar-refractivity contribution in [3.05, 3.63) is 29.8 Å². The lowest BCUT2D eigenvalue weighted by Gasteiger charge is -2.07. The van der Waals surface area contributed by atoms with Crippen molar-refractivity contribution in [1.29, 1.82) is 0 Å². The smallest absolute Gasteiger partial charge is 0.335 e. The van der Waals surface area contributed by atoms with E-state index in [-0.39, 0.29) is 5.56 Å². The fourth-order valence-corrected chi connectivity index (χ4v) is 1.23. The minimum absolute atomic E-state index is 0.260. The van der Waals surface area contributed by atoms with Gasteiger partial charge in [-0.25, -0.2) is 4.79 Å². The number of hydrogen-bond donors (Lipinski definition) is 2. The highest BCUT2D eigenvalue weighted by Crippen LogP contribution is 2.11. The highest BCUT2D eigenvalue weighted by molar-refractivity contribution is 5.87. The molecule has 2 N–H and O–H groups in total. The van der Waals surface area contributed by atoms with Gasteiger partial charge in [-0.15, -0.1) is 0 Å². The van der Waals surface area contributed by atoms with Gasteiger partial charge in [-0.1, -0.05) is 0 Å². The first-order chi connectivity index (χ1) is 8.24. The van der Waals surface area contributed by atoms with E-state index >= 15 is 0 Å². The molecule has 0 aliphatic heterocycles. The summed E-state index contributed by atoms with van der Waals surface area (Å²) >= 11 is 0. The third-order valence-electron chi connectivity index (χ3n) is 2.13. The van der Waals surface area contributed by atoms with E-state index < -0.39 is 5.97 Å². The summed E-state index contributed by atoms with van der Waals surface area (Å²) in [6.45, 7) is 2.73. The van der Waals surface area contributed by atoms with Crippen LogP contribution in [0.3, 0.4) is 0 Å². The highest BCUT2D eigenvalue weighted by Gasteiger charge is 2.01. The molecule has 0 atom stereocenters. The van der Waals surface area contributed by atoms with Gasteiger partial charge >= 0.3 is 5.97 Å². The van der Waals surface area contributed by atoms with Gasteiger partial charge in [-0.2, -0.15) is 0 Å². The van der Waals surface area contributed by atoms with Crippen LogP contribution in [0.25, 0.3) is 0 Å². The number of methoxy groups -OCH3 is 1. The van der Waals surface area contributed by atoms with Gasteiger partial charge in [0.1, 0.15) is 12.4 Å². The van der Waals surface area contributed by atoms with E-state index in [0.717, 1.165) is 13.1 Å². The van der Waals surface area contributed by atoms with E-state index in [1.807, 2.05) is 0 Å². The summed E-state index contributed by atoms with van der Waals surface area (Å²) in [4.78, 5) is 10.6. The molecule has 0 unspecified atom stereocenters. The monoisotopic (exact) mass is 239 g/mol. The van der Waals surface area contributed by atoms with Gasteiger partial charge in [0.2, 0.25) is 0 Å². The normalized spacial score (nSPS) is 10.2. The molecule has 0 bridgehead atoms. The molecule has 0 aliphatic rings. The third kappa shape index (κ3) is 5.33. The van der Waals surface area contributed by atoms with Crippen LogP contribution in [-0.2, 0) is 4.74 Å². The number of carboxylic acids is 1. The molecule has 0 aliphatic carbocycles. The summed E-state index contributed by atoms with van der Waals surface area (Å²) < 4.78 is 10.3. The summed E-state index contributed by atoms with van der Waals surface area (Å²) in [5.41, 5.74) is 0.260. The molecule has 0 radical (unpaired) electrons. The number of aromatic carboxylic acids is 1. The third-order valence-corrected chi connectivity index (χ3v) is 2.13. The van der Waals surface area contributed by atoms with Crippen molar-refractivity contribution in [3.63, 3.8) is 0 Å².